The predicted molar refractivity (Wildman–Crippen MR) is 44.1 cm³/mol. The van der Waals surface area contributed by atoms with Crippen LogP contribution in [0, 0.1) is 0 Å². The van der Waals surface area contributed by atoms with Crippen LogP contribution in [0.1, 0.15) is 20.3 Å². The monoisotopic (exact) mass is 192 g/mol. The molecule has 0 radical (unpaired) electrons. The number of hydrogen-bond acceptors (Lipinski definition) is 3. The molecule has 0 aromatic heterocycles. The number of hydrogen-bond donors (Lipinski definition) is 0. The number of ether oxygens (including phenoxy) is 1. The molecule has 0 atom stereocenters. The second-order valence-corrected chi connectivity index (χ2v) is 2.25. The Morgan fingerprint density at radius 1 is 1.62 bits per heavy atom. The Morgan fingerprint density at radius 2 is 2.15 bits per heavy atom. The topological polar surface area (TPSA) is 49.4 Å². The Morgan fingerprint density at radius 3 is 2.46 bits per heavy atom. The van der Waals surface area contributed by atoms with Crippen molar-refractivity contribution in [2.45, 2.75) is 20.3 Å². The van der Waals surface area contributed by atoms with Crippen molar-refractivity contribution in [3.05, 3.63) is 24.0 Å². The van der Waals surface area contributed by atoms with Crippen LogP contribution in [0.4, 0.5) is 0 Å². The summed E-state index contributed by atoms with van der Waals surface area (Å²) < 4.78 is 4.67. The summed E-state index contributed by atoms with van der Waals surface area (Å²) in [5.74, 6) is -0.793. The molecule has 0 rings (SSSR count). The Bertz CT molecular complexity index is 205. The zero-order chi connectivity index (χ0) is 9.56. The van der Waals surface area contributed by atoms with Gasteiger partial charge in [-0.25, -0.2) is 4.79 Å². The maximum atomic E-state index is 11.0. The first-order chi connectivity index (χ1) is 5.63. The molecule has 4 heteroatoms. The summed E-state index contributed by atoms with van der Waals surface area (Å²) in [4.78, 5) is 11.0. The molecule has 68 valence electrons. The minimum Gasteiger partial charge on any atom is -0.875 e. The van der Waals surface area contributed by atoms with Gasteiger partial charge in [-0.1, -0.05) is 13.0 Å². The molecule has 0 aromatic rings. The third-order valence-corrected chi connectivity index (χ3v) is 1.30. The van der Waals surface area contributed by atoms with Crippen LogP contribution in [-0.2, 0) is 9.53 Å². The molecule has 0 aliphatic carbocycles. The average molecular weight is 192 g/mol. The van der Waals surface area contributed by atoms with Crippen molar-refractivity contribution in [3.63, 3.8) is 0 Å². The smallest absolute Gasteiger partial charge is 0.875 e. The van der Waals surface area contributed by atoms with Crippen LogP contribution in [0.15, 0.2) is 24.0 Å². The van der Waals surface area contributed by atoms with E-state index in [4.69, 9.17) is 0 Å². The van der Waals surface area contributed by atoms with Gasteiger partial charge in [-0.2, -0.15) is 0 Å². The quantitative estimate of drug-likeness (QED) is 0.166. The number of esters is 1. The van der Waals surface area contributed by atoms with Gasteiger partial charge in [0.1, 0.15) is 0 Å². The van der Waals surface area contributed by atoms with E-state index in [2.05, 4.69) is 11.3 Å². The van der Waals surface area contributed by atoms with Gasteiger partial charge in [-0.3, -0.25) is 0 Å². The van der Waals surface area contributed by atoms with Crippen LogP contribution in [0.5, 0.6) is 0 Å². The first-order valence-corrected chi connectivity index (χ1v) is 3.78. The second-order valence-electron chi connectivity index (χ2n) is 2.25. The van der Waals surface area contributed by atoms with E-state index in [9.17, 15) is 9.90 Å². The molecule has 0 aromatic carbocycles. The van der Waals surface area contributed by atoms with Crippen molar-refractivity contribution in [2.24, 2.45) is 0 Å². The largest absolute Gasteiger partial charge is 1.00 e. The van der Waals surface area contributed by atoms with Gasteiger partial charge in [-0.15, -0.1) is 12.3 Å². The van der Waals surface area contributed by atoms with Crippen molar-refractivity contribution in [1.82, 2.24) is 0 Å². The third-order valence-electron chi connectivity index (χ3n) is 1.30. The Kier molecular flexibility index (Phi) is 9.79. The zero-order valence-electron chi connectivity index (χ0n) is 8.42. The second kappa shape index (κ2) is 8.35. The molecule has 0 fully saturated rings. The molecule has 0 saturated carbocycles. The van der Waals surface area contributed by atoms with Gasteiger partial charge < -0.3 is 9.84 Å². The van der Waals surface area contributed by atoms with Crippen LogP contribution in [0.3, 0.4) is 0 Å². The van der Waals surface area contributed by atoms with Crippen molar-refractivity contribution in [1.29, 1.82) is 0 Å². The summed E-state index contributed by atoms with van der Waals surface area (Å²) in [5, 5.41) is 10.9. The van der Waals surface area contributed by atoms with Crippen LogP contribution in [0.25, 0.3) is 0 Å². The molecular formula is C9H13NaO3. The molecule has 0 N–H and O–H groups in total. The van der Waals surface area contributed by atoms with E-state index in [1.165, 1.54) is 13.0 Å². The van der Waals surface area contributed by atoms with Gasteiger partial charge in [0.15, 0.2) is 0 Å². The third kappa shape index (κ3) is 5.91. The average Bonchev–Trinajstić information content (AvgIpc) is 1.99. The van der Waals surface area contributed by atoms with Crippen molar-refractivity contribution in [3.8, 4) is 0 Å². The number of carbonyl (C=O) groups excluding carboxylic acids is 1. The van der Waals surface area contributed by atoms with Crippen LogP contribution >= 0.6 is 0 Å². The van der Waals surface area contributed by atoms with E-state index in [1.54, 1.807) is 6.92 Å². The van der Waals surface area contributed by atoms with Crippen LogP contribution < -0.4 is 34.7 Å². The molecule has 0 aliphatic heterocycles. The fraction of sp³-hybridized carbons (Fsp3) is 0.444. The number of rotatable bonds is 4. The molecule has 0 spiro atoms. The zero-order valence-corrected chi connectivity index (χ0v) is 10.4. The Labute approximate surface area is 101 Å². The summed E-state index contributed by atoms with van der Waals surface area (Å²) in [5.41, 5.74) is 0.159. The van der Waals surface area contributed by atoms with Gasteiger partial charge in [0.2, 0.25) is 0 Å². The molecule has 0 amide bonds. The normalized spacial score (nSPS) is 10.9. The van der Waals surface area contributed by atoms with Gasteiger partial charge in [-0.05, 0) is 13.3 Å². The molecule has 13 heavy (non-hydrogen) atoms. The fourth-order valence-corrected chi connectivity index (χ4v) is 0.733. The van der Waals surface area contributed by atoms with E-state index in [-0.39, 0.29) is 53.9 Å². The summed E-state index contributed by atoms with van der Waals surface area (Å²) in [6.45, 7) is 6.77. The molecule has 0 unspecified atom stereocenters. The number of carbonyl (C=O) groups is 1. The van der Waals surface area contributed by atoms with Gasteiger partial charge in [0, 0.05) is 5.57 Å². The molecule has 0 aliphatic rings. The van der Waals surface area contributed by atoms with Crippen molar-refractivity contribution >= 4 is 5.97 Å². The first-order valence-electron chi connectivity index (χ1n) is 3.78. The van der Waals surface area contributed by atoms with E-state index < -0.39 is 5.97 Å². The van der Waals surface area contributed by atoms with E-state index >= 15 is 0 Å². The van der Waals surface area contributed by atoms with E-state index in [1.807, 2.05) is 0 Å². The van der Waals surface area contributed by atoms with Crippen molar-refractivity contribution < 1.29 is 44.2 Å². The van der Waals surface area contributed by atoms with Gasteiger partial charge >= 0.3 is 35.5 Å². The SMILES string of the molecule is C=CC/C(C(=O)OCC)=C(/C)[O-].[Na+]. The van der Waals surface area contributed by atoms with E-state index in [0.29, 0.717) is 0 Å². The summed E-state index contributed by atoms with van der Waals surface area (Å²) in [6.07, 6.45) is 1.78. The van der Waals surface area contributed by atoms with Gasteiger partial charge in [0.25, 0.3) is 0 Å². The van der Waals surface area contributed by atoms with Gasteiger partial charge in [0.05, 0.1) is 6.61 Å². The number of allylic oxidation sites excluding steroid dienone is 2. The molecule has 3 nitrogen and oxygen atoms in total. The van der Waals surface area contributed by atoms with E-state index in [0.717, 1.165) is 0 Å². The molecule has 0 saturated heterocycles. The Hall–Kier alpha value is -0.250. The van der Waals surface area contributed by atoms with Crippen LogP contribution in [-0.4, -0.2) is 12.6 Å². The Balaban J connectivity index is 0. The fourth-order valence-electron chi connectivity index (χ4n) is 0.733. The van der Waals surface area contributed by atoms with Crippen molar-refractivity contribution in [2.75, 3.05) is 6.61 Å². The maximum Gasteiger partial charge on any atom is 1.00 e. The molecule has 0 bridgehead atoms. The minimum atomic E-state index is -0.537. The van der Waals surface area contributed by atoms with Crippen LogP contribution in [0.2, 0.25) is 0 Å². The molecular weight excluding hydrogens is 179 g/mol. The standard InChI is InChI=1S/C9H14O3.Na/c1-4-6-8(7(3)10)9(11)12-5-2;/h4,10H,1,5-6H2,2-3H3;/q;+1/p-1/b8-7+;. The molecule has 0 heterocycles. The maximum absolute atomic E-state index is 11.0. The summed E-state index contributed by atoms with van der Waals surface area (Å²) in [6, 6.07) is 0. The summed E-state index contributed by atoms with van der Waals surface area (Å²) >= 11 is 0. The predicted octanol–water partition coefficient (Wildman–Crippen LogP) is -2.24. The summed E-state index contributed by atoms with van der Waals surface area (Å²) in [7, 11) is 0. The minimum absolute atomic E-state index is 0. The first kappa shape index (κ1) is 15.2.